The van der Waals surface area contributed by atoms with Crippen LogP contribution in [0.25, 0.3) is 9.88 Å². The zero-order chi connectivity index (χ0) is 17.0. The molecule has 0 fully saturated rings. The molecule has 124 valence electrons. The van der Waals surface area contributed by atoms with Gasteiger partial charge >= 0.3 is 5.97 Å². The molecule has 2 aromatic rings. The van der Waals surface area contributed by atoms with E-state index in [2.05, 4.69) is 10.3 Å². The Labute approximate surface area is 143 Å². The molecule has 0 bridgehead atoms. The molecule has 2 aromatic heterocycles. The fourth-order valence-corrected chi connectivity index (χ4v) is 3.88. The van der Waals surface area contributed by atoms with E-state index in [0.717, 1.165) is 16.3 Å². The lowest BCUT2D eigenvalue weighted by molar-refractivity contribution is -0.144. The second kappa shape index (κ2) is 7.70. The molecule has 0 aliphatic carbocycles. The summed E-state index contributed by atoms with van der Waals surface area (Å²) in [5.74, 6) is -0.705. The molecule has 0 saturated heterocycles. The lowest BCUT2D eigenvalue weighted by atomic mass is 9.99. The zero-order valence-electron chi connectivity index (χ0n) is 13.6. The van der Waals surface area contributed by atoms with Crippen LogP contribution in [-0.4, -0.2) is 30.0 Å². The molecule has 1 N–H and O–H groups in total. The van der Waals surface area contributed by atoms with Crippen molar-refractivity contribution < 1.29 is 14.3 Å². The van der Waals surface area contributed by atoms with E-state index in [-0.39, 0.29) is 11.8 Å². The van der Waals surface area contributed by atoms with Gasteiger partial charge in [0.2, 0.25) is 0 Å². The first kappa shape index (κ1) is 17.6. The average molecular weight is 352 g/mol. The van der Waals surface area contributed by atoms with E-state index in [1.165, 1.54) is 18.4 Å². The minimum atomic E-state index is -0.649. The molecule has 7 heteroatoms. The van der Waals surface area contributed by atoms with Gasteiger partial charge in [0.25, 0.3) is 5.91 Å². The van der Waals surface area contributed by atoms with Gasteiger partial charge in [0.15, 0.2) is 0 Å². The number of carbonyl (C=O) groups excluding carboxylic acids is 2. The highest BCUT2D eigenvalue weighted by atomic mass is 32.1. The number of ether oxygens (including phenoxy) is 1. The molecule has 0 aliphatic heterocycles. The largest absolute Gasteiger partial charge is 0.467 e. The SMILES string of the molecule is CCC(C)C(NC(=O)c1sc(-c2cccs2)nc1C)C(=O)OC. The molecule has 2 atom stereocenters. The van der Waals surface area contributed by atoms with E-state index in [9.17, 15) is 9.59 Å². The predicted octanol–water partition coefficient (Wildman–Crippen LogP) is 3.50. The molecular formula is C16H20N2O3S2. The summed E-state index contributed by atoms with van der Waals surface area (Å²) < 4.78 is 4.80. The summed E-state index contributed by atoms with van der Waals surface area (Å²) in [6, 6.07) is 3.28. The maximum atomic E-state index is 12.6. The number of rotatable bonds is 6. The number of hydrogen-bond donors (Lipinski definition) is 1. The minimum absolute atomic E-state index is 0.00334. The third-order valence-electron chi connectivity index (χ3n) is 3.69. The van der Waals surface area contributed by atoms with Gasteiger partial charge < -0.3 is 10.1 Å². The van der Waals surface area contributed by atoms with Crippen molar-refractivity contribution in [2.45, 2.75) is 33.2 Å². The zero-order valence-corrected chi connectivity index (χ0v) is 15.2. The molecule has 0 aromatic carbocycles. The van der Waals surface area contributed by atoms with Crippen LogP contribution in [0.4, 0.5) is 0 Å². The molecule has 5 nitrogen and oxygen atoms in total. The summed E-state index contributed by atoms with van der Waals surface area (Å²) in [7, 11) is 1.33. The molecule has 1 amide bonds. The number of amides is 1. The number of esters is 1. The lowest BCUT2D eigenvalue weighted by Gasteiger charge is -2.21. The van der Waals surface area contributed by atoms with Gasteiger partial charge in [-0.2, -0.15) is 0 Å². The van der Waals surface area contributed by atoms with Gasteiger partial charge in [0.05, 0.1) is 17.7 Å². The number of nitrogens with one attached hydrogen (secondary N) is 1. The molecule has 2 rings (SSSR count). The van der Waals surface area contributed by atoms with Gasteiger partial charge in [-0.3, -0.25) is 4.79 Å². The van der Waals surface area contributed by atoms with Crippen LogP contribution in [0.3, 0.4) is 0 Å². The number of methoxy groups -OCH3 is 1. The van der Waals surface area contributed by atoms with Gasteiger partial charge in [-0.15, -0.1) is 22.7 Å². The average Bonchev–Trinajstić information content (AvgIpc) is 3.20. The summed E-state index contributed by atoms with van der Waals surface area (Å²) in [4.78, 5) is 30.5. The molecule has 2 unspecified atom stereocenters. The monoisotopic (exact) mass is 352 g/mol. The highest BCUT2D eigenvalue weighted by molar-refractivity contribution is 7.22. The first-order valence-corrected chi connectivity index (χ1v) is 9.07. The minimum Gasteiger partial charge on any atom is -0.467 e. The van der Waals surface area contributed by atoms with Crippen LogP contribution in [0.2, 0.25) is 0 Å². The smallest absolute Gasteiger partial charge is 0.328 e. The van der Waals surface area contributed by atoms with Gasteiger partial charge in [-0.05, 0) is 24.3 Å². The lowest BCUT2D eigenvalue weighted by Crippen LogP contribution is -2.45. The predicted molar refractivity (Wildman–Crippen MR) is 92.9 cm³/mol. The maximum absolute atomic E-state index is 12.6. The number of carbonyl (C=O) groups is 2. The Morgan fingerprint density at radius 2 is 2.17 bits per heavy atom. The number of thiazole rings is 1. The van der Waals surface area contributed by atoms with E-state index >= 15 is 0 Å². The number of hydrogen-bond acceptors (Lipinski definition) is 6. The van der Waals surface area contributed by atoms with Crippen LogP contribution in [0, 0.1) is 12.8 Å². The number of nitrogens with zero attached hydrogens (tertiary/aromatic N) is 1. The summed E-state index contributed by atoms with van der Waals surface area (Å²) in [5, 5.41) is 5.59. The van der Waals surface area contributed by atoms with Crippen molar-refractivity contribution in [1.82, 2.24) is 10.3 Å². The van der Waals surface area contributed by atoms with Crippen LogP contribution in [0.5, 0.6) is 0 Å². The van der Waals surface area contributed by atoms with Gasteiger partial charge in [-0.1, -0.05) is 26.3 Å². The molecule has 2 heterocycles. The molecule has 0 spiro atoms. The fourth-order valence-electron chi connectivity index (χ4n) is 2.12. The quantitative estimate of drug-likeness (QED) is 0.808. The first-order valence-electron chi connectivity index (χ1n) is 7.37. The van der Waals surface area contributed by atoms with Crippen molar-refractivity contribution in [3.63, 3.8) is 0 Å². The molecule has 23 heavy (non-hydrogen) atoms. The molecule has 0 aliphatic rings. The van der Waals surface area contributed by atoms with Gasteiger partial charge in [-0.25, -0.2) is 9.78 Å². The van der Waals surface area contributed by atoms with E-state index in [4.69, 9.17) is 4.74 Å². The second-order valence-electron chi connectivity index (χ2n) is 5.27. The standard InChI is InChI=1S/C16H20N2O3S2/c1-5-9(2)12(16(20)21-4)18-14(19)13-10(3)17-15(23-13)11-7-6-8-22-11/h6-9,12H,5H2,1-4H3,(H,18,19). The number of aryl methyl sites for hydroxylation is 1. The number of aromatic nitrogens is 1. The van der Waals surface area contributed by atoms with Crippen LogP contribution in [-0.2, 0) is 9.53 Å². The Morgan fingerprint density at radius 3 is 2.74 bits per heavy atom. The van der Waals surface area contributed by atoms with Crippen LogP contribution in [0.1, 0.15) is 35.6 Å². The summed E-state index contributed by atoms with van der Waals surface area (Å²) in [6.45, 7) is 5.69. The Hall–Kier alpha value is -1.73. The topological polar surface area (TPSA) is 68.3 Å². The van der Waals surface area contributed by atoms with Crippen LogP contribution in [0.15, 0.2) is 17.5 Å². The highest BCUT2D eigenvalue weighted by Crippen LogP contribution is 2.31. The van der Waals surface area contributed by atoms with Crippen LogP contribution >= 0.6 is 22.7 Å². The summed E-state index contributed by atoms with van der Waals surface area (Å²) in [5.41, 5.74) is 0.670. The molecular weight excluding hydrogens is 332 g/mol. The Morgan fingerprint density at radius 1 is 1.43 bits per heavy atom. The van der Waals surface area contributed by atoms with Gasteiger partial charge in [0, 0.05) is 0 Å². The third-order valence-corrected chi connectivity index (χ3v) is 5.88. The van der Waals surface area contributed by atoms with Crippen molar-refractivity contribution in [2.24, 2.45) is 5.92 Å². The normalized spacial score (nSPS) is 13.4. The van der Waals surface area contributed by atoms with E-state index < -0.39 is 12.0 Å². The van der Waals surface area contributed by atoms with Crippen molar-refractivity contribution in [2.75, 3.05) is 7.11 Å². The fraction of sp³-hybridized carbons (Fsp3) is 0.438. The van der Waals surface area contributed by atoms with Crippen molar-refractivity contribution in [3.05, 3.63) is 28.1 Å². The summed E-state index contributed by atoms with van der Waals surface area (Å²) in [6.07, 6.45) is 0.766. The number of thiophene rings is 1. The van der Waals surface area contributed by atoms with E-state index in [1.807, 2.05) is 31.4 Å². The second-order valence-corrected chi connectivity index (χ2v) is 7.22. The Bertz CT molecular complexity index is 680. The van der Waals surface area contributed by atoms with Gasteiger partial charge in [0.1, 0.15) is 15.9 Å². The Kier molecular flexibility index (Phi) is 5.90. The van der Waals surface area contributed by atoms with E-state index in [0.29, 0.717) is 10.6 Å². The van der Waals surface area contributed by atoms with Crippen LogP contribution < -0.4 is 5.32 Å². The molecule has 0 radical (unpaired) electrons. The Balaban J connectivity index is 2.21. The van der Waals surface area contributed by atoms with Crippen molar-refractivity contribution in [1.29, 1.82) is 0 Å². The summed E-state index contributed by atoms with van der Waals surface area (Å²) >= 11 is 2.92. The third kappa shape index (κ3) is 3.97. The van der Waals surface area contributed by atoms with Crippen molar-refractivity contribution in [3.8, 4) is 9.88 Å². The first-order chi connectivity index (χ1) is 11.0. The molecule has 0 saturated carbocycles. The highest BCUT2D eigenvalue weighted by Gasteiger charge is 2.28. The van der Waals surface area contributed by atoms with E-state index in [1.54, 1.807) is 18.3 Å². The van der Waals surface area contributed by atoms with Crippen molar-refractivity contribution >= 4 is 34.6 Å². The maximum Gasteiger partial charge on any atom is 0.328 e.